The van der Waals surface area contributed by atoms with Crippen LogP contribution in [0.3, 0.4) is 0 Å². The molecule has 6 nitrogen and oxygen atoms in total. The maximum absolute atomic E-state index is 12.7. The second kappa shape index (κ2) is 8.43. The summed E-state index contributed by atoms with van der Waals surface area (Å²) in [7, 11) is 6.46. The zero-order chi connectivity index (χ0) is 19.4. The number of carbonyl (C=O) groups excluding carboxylic acids is 1. The quantitative estimate of drug-likeness (QED) is 0.723. The summed E-state index contributed by atoms with van der Waals surface area (Å²) in [5.41, 5.74) is 1.68. The number of nitrogens with zero attached hydrogens (tertiary/aromatic N) is 1. The molecule has 1 amide bonds. The van der Waals surface area contributed by atoms with Gasteiger partial charge in [0.1, 0.15) is 28.4 Å². The van der Waals surface area contributed by atoms with Crippen LogP contribution in [0.15, 0.2) is 36.4 Å². The highest BCUT2D eigenvalue weighted by Crippen LogP contribution is 2.48. The summed E-state index contributed by atoms with van der Waals surface area (Å²) in [5, 5.41) is -0.224. The molecule has 2 aromatic carbocycles. The van der Waals surface area contributed by atoms with Crippen molar-refractivity contribution in [3.63, 3.8) is 0 Å². The fourth-order valence-corrected chi connectivity index (χ4v) is 4.48. The van der Waals surface area contributed by atoms with Crippen LogP contribution in [-0.2, 0) is 11.3 Å². The van der Waals surface area contributed by atoms with Gasteiger partial charge in [-0.25, -0.2) is 0 Å². The fraction of sp³-hybridized carbons (Fsp3) is 0.350. The summed E-state index contributed by atoms with van der Waals surface area (Å²) in [6, 6.07) is 11.2. The Morgan fingerprint density at radius 2 is 1.37 bits per heavy atom. The van der Waals surface area contributed by atoms with Crippen LogP contribution in [0.4, 0.5) is 0 Å². The number of amides is 1. The van der Waals surface area contributed by atoms with E-state index in [0.717, 1.165) is 11.1 Å². The number of ether oxygens (including phenoxy) is 4. The van der Waals surface area contributed by atoms with Crippen LogP contribution in [0.2, 0.25) is 0 Å². The summed E-state index contributed by atoms with van der Waals surface area (Å²) >= 11 is 1.55. The Hall–Kier alpha value is -2.54. The number of methoxy groups -OCH3 is 4. The molecular weight excluding hydrogens is 366 g/mol. The van der Waals surface area contributed by atoms with E-state index in [1.807, 2.05) is 41.3 Å². The lowest BCUT2D eigenvalue weighted by Gasteiger charge is -2.28. The molecule has 3 rings (SSSR count). The van der Waals surface area contributed by atoms with E-state index in [1.54, 1.807) is 40.2 Å². The van der Waals surface area contributed by atoms with Gasteiger partial charge in [-0.1, -0.05) is 12.1 Å². The number of hydrogen-bond donors (Lipinski definition) is 0. The maximum Gasteiger partial charge on any atom is 0.234 e. The molecular formula is C20H23NO5S. The molecule has 0 N–H and O–H groups in total. The van der Waals surface area contributed by atoms with Gasteiger partial charge in [0.25, 0.3) is 0 Å². The Morgan fingerprint density at radius 1 is 0.889 bits per heavy atom. The van der Waals surface area contributed by atoms with Crippen molar-refractivity contribution < 1.29 is 23.7 Å². The zero-order valence-corrected chi connectivity index (χ0v) is 16.7. The van der Waals surface area contributed by atoms with Gasteiger partial charge in [-0.2, -0.15) is 0 Å². The molecule has 0 radical (unpaired) electrons. The van der Waals surface area contributed by atoms with Gasteiger partial charge in [0, 0.05) is 0 Å². The van der Waals surface area contributed by atoms with E-state index in [0.29, 0.717) is 35.3 Å². The van der Waals surface area contributed by atoms with Gasteiger partial charge in [0.05, 0.1) is 51.9 Å². The van der Waals surface area contributed by atoms with Gasteiger partial charge in [-0.05, 0) is 24.3 Å². The summed E-state index contributed by atoms with van der Waals surface area (Å²) in [6.07, 6.45) is 0. The predicted octanol–water partition coefficient (Wildman–Crippen LogP) is 3.50. The predicted molar refractivity (Wildman–Crippen MR) is 105 cm³/mol. The molecule has 1 aliphatic rings. The molecule has 7 heteroatoms. The number of hydrogen-bond acceptors (Lipinski definition) is 6. The Morgan fingerprint density at radius 3 is 1.85 bits per heavy atom. The lowest BCUT2D eigenvalue weighted by Crippen LogP contribution is -2.28. The first-order valence-corrected chi connectivity index (χ1v) is 9.51. The van der Waals surface area contributed by atoms with Crippen molar-refractivity contribution in [3.8, 4) is 23.0 Å². The van der Waals surface area contributed by atoms with Gasteiger partial charge in [-0.3, -0.25) is 4.79 Å². The minimum atomic E-state index is -0.224. The highest BCUT2D eigenvalue weighted by atomic mass is 32.2. The SMILES string of the molecule is COc1cccc(OC)c1CN1C(=O)CSC1c1c(OC)cccc1OC. The molecule has 1 atom stereocenters. The number of thioether (sulfide) groups is 1. The van der Waals surface area contributed by atoms with Gasteiger partial charge in [0.15, 0.2) is 0 Å². The first kappa shape index (κ1) is 19.2. The van der Waals surface area contributed by atoms with Crippen molar-refractivity contribution in [2.45, 2.75) is 11.9 Å². The molecule has 2 aromatic rings. The van der Waals surface area contributed by atoms with E-state index < -0.39 is 0 Å². The van der Waals surface area contributed by atoms with Crippen LogP contribution >= 0.6 is 11.8 Å². The largest absolute Gasteiger partial charge is 0.496 e. The van der Waals surface area contributed by atoms with E-state index in [4.69, 9.17) is 18.9 Å². The molecule has 144 valence electrons. The van der Waals surface area contributed by atoms with E-state index in [2.05, 4.69) is 0 Å². The van der Waals surface area contributed by atoms with E-state index >= 15 is 0 Å². The molecule has 1 saturated heterocycles. The Bertz CT molecular complexity index is 782. The average molecular weight is 389 g/mol. The van der Waals surface area contributed by atoms with Crippen LogP contribution in [0.1, 0.15) is 16.5 Å². The normalized spacial score (nSPS) is 16.4. The van der Waals surface area contributed by atoms with Crippen molar-refractivity contribution in [3.05, 3.63) is 47.5 Å². The standard InChI is InChI=1S/C20H23NO5S/c1-23-14-7-5-8-15(24-2)13(14)11-21-18(22)12-27-20(21)19-16(25-3)9-6-10-17(19)26-4/h5-10,20H,11-12H2,1-4H3. The zero-order valence-electron chi connectivity index (χ0n) is 15.9. The number of benzene rings is 2. The topological polar surface area (TPSA) is 57.2 Å². The second-order valence-electron chi connectivity index (χ2n) is 5.90. The Kier molecular flexibility index (Phi) is 6.01. The maximum atomic E-state index is 12.7. The van der Waals surface area contributed by atoms with E-state index in [-0.39, 0.29) is 11.3 Å². The molecule has 0 spiro atoms. The molecule has 0 saturated carbocycles. The van der Waals surface area contributed by atoms with E-state index in [1.165, 1.54) is 0 Å². The summed E-state index contributed by atoms with van der Waals surface area (Å²) in [4.78, 5) is 14.5. The van der Waals surface area contributed by atoms with Gasteiger partial charge in [0.2, 0.25) is 5.91 Å². The van der Waals surface area contributed by atoms with Crippen molar-refractivity contribution >= 4 is 17.7 Å². The molecule has 0 aromatic heterocycles. The van der Waals surface area contributed by atoms with Crippen LogP contribution in [0.25, 0.3) is 0 Å². The minimum absolute atomic E-state index is 0.0471. The third-order valence-corrected chi connectivity index (χ3v) is 5.76. The Balaban J connectivity index is 2.03. The number of carbonyl (C=O) groups is 1. The molecule has 1 aliphatic heterocycles. The van der Waals surface area contributed by atoms with Gasteiger partial charge in [-0.15, -0.1) is 11.8 Å². The lowest BCUT2D eigenvalue weighted by atomic mass is 10.1. The van der Waals surface area contributed by atoms with Crippen molar-refractivity contribution in [2.24, 2.45) is 0 Å². The highest BCUT2D eigenvalue weighted by molar-refractivity contribution is 8.00. The third-order valence-electron chi connectivity index (χ3n) is 4.54. The summed E-state index contributed by atoms with van der Waals surface area (Å²) in [6.45, 7) is 0.366. The third kappa shape index (κ3) is 3.64. The summed E-state index contributed by atoms with van der Waals surface area (Å²) in [5.74, 6) is 3.20. The van der Waals surface area contributed by atoms with Gasteiger partial charge >= 0.3 is 0 Å². The smallest absolute Gasteiger partial charge is 0.234 e. The van der Waals surface area contributed by atoms with Crippen LogP contribution in [0.5, 0.6) is 23.0 Å². The van der Waals surface area contributed by atoms with Crippen LogP contribution < -0.4 is 18.9 Å². The van der Waals surface area contributed by atoms with Crippen molar-refractivity contribution in [2.75, 3.05) is 34.2 Å². The van der Waals surface area contributed by atoms with Gasteiger partial charge < -0.3 is 23.8 Å². The van der Waals surface area contributed by atoms with Crippen molar-refractivity contribution in [1.29, 1.82) is 0 Å². The minimum Gasteiger partial charge on any atom is -0.496 e. The molecule has 1 heterocycles. The molecule has 1 fully saturated rings. The first-order chi connectivity index (χ1) is 13.1. The Labute approximate surface area is 163 Å². The second-order valence-corrected chi connectivity index (χ2v) is 6.97. The summed E-state index contributed by atoms with van der Waals surface area (Å²) < 4.78 is 22.1. The lowest BCUT2D eigenvalue weighted by molar-refractivity contribution is -0.128. The van der Waals surface area contributed by atoms with Crippen LogP contribution in [0, 0.1) is 0 Å². The monoisotopic (exact) mass is 389 g/mol. The molecule has 0 bridgehead atoms. The fourth-order valence-electron chi connectivity index (χ4n) is 3.24. The molecule has 0 aliphatic carbocycles. The van der Waals surface area contributed by atoms with E-state index in [9.17, 15) is 4.79 Å². The molecule has 1 unspecified atom stereocenters. The molecule has 27 heavy (non-hydrogen) atoms. The van der Waals surface area contributed by atoms with Crippen molar-refractivity contribution in [1.82, 2.24) is 4.90 Å². The van der Waals surface area contributed by atoms with Crippen LogP contribution in [-0.4, -0.2) is 45.0 Å². The average Bonchev–Trinajstić information content (AvgIpc) is 3.07. The first-order valence-electron chi connectivity index (χ1n) is 8.46. The number of rotatable bonds is 7. The highest BCUT2D eigenvalue weighted by Gasteiger charge is 2.37.